The Hall–Kier alpha value is -4.99. The smallest absolute Gasteiger partial charge is 0.255 e. The first-order valence-corrected chi connectivity index (χ1v) is 13.9. The Labute approximate surface area is 243 Å². The van der Waals surface area contributed by atoms with E-state index >= 15 is 0 Å². The molecule has 9 nitrogen and oxygen atoms in total. The first kappa shape index (κ1) is 27.2. The Bertz CT molecular complexity index is 1840. The minimum atomic E-state index is -0.560. The first-order valence-electron chi connectivity index (χ1n) is 13.9. The van der Waals surface area contributed by atoms with Gasteiger partial charge in [-0.1, -0.05) is 42.5 Å². The summed E-state index contributed by atoms with van der Waals surface area (Å²) in [5, 5.41) is 4.64. The zero-order valence-electron chi connectivity index (χ0n) is 23.3. The van der Waals surface area contributed by atoms with E-state index in [1.165, 1.54) is 0 Å². The van der Waals surface area contributed by atoms with E-state index in [2.05, 4.69) is 22.2 Å². The van der Waals surface area contributed by atoms with Crippen molar-refractivity contribution >= 4 is 45.2 Å². The summed E-state index contributed by atoms with van der Waals surface area (Å²) in [4.78, 5) is 46.2. The highest BCUT2D eigenvalue weighted by molar-refractivity contribution is 6.20. The van der Waals surface area contributed by atoms with Gasteiger partial charge in [0.05, 0.1) is 11.1 Å². The molecular formula is C33H32N6O3. The second kappa shape index (κ2) is 11.1. The van der Waals surface area contributed by atoms with Gasteiger partial charge in [-0.2, -0.15) is 0 Å². The maximum Gasteiger partial charge on any atom is 0.255 e. The summed E-state index contributed by atoms with van der Waals surface area (Å²) in [5.41, 5.74) is 17.8. The van der Waals surface area contributed by atoms with Gasteiger partial charge in [0.2, 0.25) is 0 Å². The maximum absolute atomic E-state index is 13.3. The van der Waals surface area contributed by atoms with Crippen molar-refractivity contribution in [1.82, 2.24) is 14.8 Å². The second-order valence-electron chi connectivity index (χ2n) is 10.6. The van der Waals surface area contributed by atoms with E-state index in [-0.39, 0.29) is 18.4 Å². The molecule has 1 saturated heterocycles. The van der Waals surface area contributed by atoms with Crippen LogP contribution in [0.15, 0.2) is 78.9 Å². The maximum atomic E-state index is 13.3. The number of anilines is 1. The Kier molecular flexibility index (Phi) is 7.20. The van der Waals surface area contributed by atoms with Crippen molar-refractivity contribution in [3.8, 4) is 11.1 Å². The van der Waals surface area contributed by atoms with E-state index in [4.69, 9.17) is 11.5 Å². The van der Waals surface area contributed by atoms with E-state index in [1.54, 1.807) is 18.2 Å². The standard InChI is InChI=1S/C33H32N6O3/c1-38-14-16-39(17-15-38)33(42)21-10-11-24-28(18-21)36-30-25(31(35)40)13-12-23(29(24)30)22-8-5-9-27(26(22)19-34)37-32(41)20-6-3-2-4-7-20/h2-13,18,36H,14-17,19,34H2,1H3,(H2,35,40)(H,37,41). The number of hydrogen-bond acceptors (Lipinski definition) is 5. The molecule has 0 aliphatic carbocycles. The highest BCUT2D eigenvalue weighted by Crippen LogP contribution is 2.39. The number of aromatic amines is 1. The number of aromatic nitrogens is 1. The molecule has 5 aromatic rings. The number of hydrogen-bond donors (Lipinski definition) is 4. The molecule has 3 amide bonds. The lowest BCUT2D eigenvalue weighted by Gasteiger charge is -2.32. The fraction of sp³-hybridized carbons (Fsp3) is 0.182. The van der Waals surface area contributed by atoms with Crippen LogP contribution in [0.5, 0.6) is 0 Å². The van der Waals surface area contributed by atoms with Gasteiger partial charge < -0.3 is 31.6 Å². The molecule has 6 N–H and O–H groups in total. The Morgan fingerprint density at radius 2 is 1.62 bits per heavy atom. The van der Waals surface area contributed by atoms with Crippen LogP contribution in [0.2, 0.25) is 0 Å². The molecule has 0 unspecified atom stereocenters. The molecule has 1 aromatic heterocycles. The van der Waals surface area contributed by atoms with Gasteiger partial charge in [0.1, 0.15) is 0 Å². The molecule has 0 atom stereocenters. The van der Waals surface area contributed by atoms with Gasteiger partial charge in [-0.15, -0.1) is 0 Å². The third kappa shape index (κ3) is 4.89. The van der Waals surface area contributed by atoms with Gasteiger partial charge in [0.25, 0.3) is 17.7 Å². The summed E-state index contributed by atoms with van der Waals surface area (Å²) in [6, 6.07) is 23.8. The summed E-state index contributed by atoms with van der Waals surface area (Å²) < 4.78 is 0. The Balaban J connectivity index is 1.46. The van der Waals surface area contributed by atoms with Crippen LogP contribution >= 0.6 is 0 Å². The average molecular weight is 561 g/mol. The topological polar surface area (TPSA) is 138 Å². The van der Waals surface area contributed by atoms with Crippen molar-refractivity contribution in [1.29, 1.82) is 0 Å². The van der Waals surface area contributed by atoms with Crippen LogP contribution in [0, 0.1) is 0 Å². The largest absolute Gasteiger partial charge is 0.366 e. The lowest BCUT2D eigenvalue weighted by atomic mass is 9.92. The van der Waals surface area contributed by atoms with Gasteiger partial charge in [-0.3, -0.25) is 14.4 Å². The Morgan fingerprint density at radius 1 is 0.857 bits per heavy atom. The number of benzene rings is 4. The van der Waals surface area contributed by atoms with Crippen molar-refractivity contribution in [2.24, 2.45) is 11.5 Å². The predicted molar refractivity (Wildman–Crippen MR) is 165 cm³/mol. The van der Waals surface area contributed by atoms with Gasteiger partial charge >= 0.3 is 0 Å². The molecule has 0 saturated carbocycles. The van der Waals surface area contributed by atoms with Crippen LogP contribution in [0.1, 0.15) is 36.6 Å². The lowest BCUT2D eigenvalue weighted by Crippen LogP contribution is -2.47. The number of amides is 3. The number of carbonyl (C=O) groups is 3. The van der Waals surface area contributed by atoms with Crippen LogP contribution in [0.25, 0.3) is 32.9 Å². The number of nitrogens with one attached hydrogen (secondary N) is 2. The van der Waals surface area contributed by atoms with Gasteiger partial charge in [-0.25, -0.2) is 0 Å². The summed E-state index contributed by atoms with van der Waals surface area (Å²) >= 11 is 0. The van der Waals surface area contributed by atoms with Crippen molar-refractivity contribution < 1.29 is 14.4 Å². The van der Waals surface area contributed by atoms with Gasteiger partial charge in [0, 0.05) is 65.8 Å². The summed E-state index contributed by atoms with van der Waals surface area (Å²) in [5.74, 6) is -0.817. The number of nitrogens with zero attached hydrogens (tertiary/aromatic N) is 2. The van der Waals surface area contributed by atoms with Crippen molar-refractivity contribution in [3.05, 3.63) is 101 Å². The number of nitrogens with two attached hydrogens (primary N) is 2. The van der Waals surface area contributed by atoms with Crippen LogP contribution < -0.4 is 16.8 Å². The molecule has 0 spiro atoms. The number of likely N-dealkylation sites (N-methyl/N-ethyl adjacent to an activating group) is 1. The molecule has 0 radical (unpaired) electrons. The quantitative estimate of drug-likeness (QED) is 0.247. The molecule has 2 heterocycles. The molecule has 1 fully saturated rings. The number of fused-ring (bicyclic) bond motifs is 3. The molecule has 1 aliphatic rings. The highest BCUT2D eigenvalue weighted by atomic mass is 16.2. The third-order valence-electron chi connectivity index (χ3n) is 8.01. The highest BCUT2D eigenvalue weighted by Gasteiger charge is 2.23. The summed E-state index contributed by atoms with van der Waals surface area (Å²) in [7, 11) is 2.05. The van der Waals surface area contributed by atoms with Gasteiger partial charge in [0.15, 0.2) is 0 Å². The molecule has 1 aliphatic heterocycles. The van der Waals surface area contributed by atoms with Crippen LogP contribution in [0.3, 0.4) is 0 Å². The Morgan fingerprint density at radius 3 is 2.33 bits per heavy atom. The van der Waals surface area contributed by atoms with E-state index in [0.29, 0.717) is 41.0 Å². The van der Waals surface area contributed by atoms with Crippen LogP contribution in [-0.2, 0) is 6.54 Å². The fourth-order valence-corrected chi connectivity index (χ4v) is 5.73. The number of H-pyrrole nitrogens is 1. The molecule has 212 valence electrons. The normalized spacial score (nSPS) is 13.9. The zero-order chi connectivity index (χ0) is 29.4. The number of piperazine rings is 1. The minimum Gasteiger partial charge on any atom is -0.366 e. The third-order valence-corrected chi connectivity index (χ3v) is 8.01. The molecule has 0 bridgehead atoms. The lowest BCUT2D eigenvalue weighted by molar-refractivity contribution is 0.0664. The van der Waals surface area contributed by atoms with Crippen molar-refractivity contribution in [2.75, 3.05) is 38.5 Å². The second-order valence-corrected chi connectivity index (χ2v) is 10.6. The van der Waals surface area contributed by atoms with E-state index in [0.717, 1.165) is 46.1 Å². The van der Waals surface area contributed by atoms with E-state index < -0.39 is 5.91 Å². The van der Waals surface area contributed by atoms with Crippen molar-refractivity contribution in [3.63, 3.8) is 0 Å². The van der Waals surface area contributed by atoms with Gasteiger partial charge in [-0.05, 0) is 60.1 Å². The molecule has 42 heavy (non-hydrogen) atoms. The minimum absolute atomic E-state index is 0.0220. The molecule has 9 heteroatoms. The fourth-order valence-electron chi connectivity index (χ4n) is 5.73. The van der Waals surface area contributed by atoms with Crippen LogP contribution in [0.4, 0.5) is 5.69 Å². The predicted octanol–water partition coefficient (Wildman–Crippen LogP) is 4.19. The first-order chi connectivity index (χ1) is 20.4. The summed E-state index contributed by atoms with van der Waals surface area (Å²) in [6.45, 7) is 3.19. The number of carbonyl (C=O) groups excluding carboxylic acids is 3. The number of rotatable bonds is 6. The number of primary amides is 1. The molecular weight excluding hydrogens is 528 g/mol. The van der Waals surface area contributed by atoms with E-state index in [9.17, 15) is 14.4 Å². The molecule has 4 aromatic carbocycles. The monoisotopic (exact) mass is 560 g/mol. The zero-order valence-corrected chi connectivity index (χ0v) is 23.3. The molecule has 6 rings (SSSR count). The summed E-state index contributed by atoms with van der Waals surface area (Å²) in [6.07, 6.45) is 0. The van der Waals surface area contributed by atoms with Crippen molar-refractivity contribution in [2.45, 2.75) is 6.54 Å². The van der Waals surface area contributed by atoms with E-state index in [1.807, 2.05) is 65.6 Å². The average Bonchev–Trinajstić information content (AvgIpc) is 3.39. The SMILES string of the molecule is CN1CCN(C(=O)c2ccc3c(c2)[nH]c2c(C(N)=O)ccc(-c4cccc(NC(=O)c5ccccc5)c4CN)c23)CC1. The van der Waals surface area contributed by atoms with Crippen LogP contribution in [-0.4, -0.2) is 65.7 Å².